The summed E-state index contributed by atoms with van der Waals surface area (Å²) in [6, 6.07) is 90.5. The Morgan fingerprint density at radius 3 is 0.734 bits per heavy atom. The van der Waals surface area contributed by atoms with E-state index < -0.39 is 17.4 Å². The van der Waals surface area contributed by atoms with Gasteiger partial charge in [-0.3, -0.25) is 0 Å². The first-order valence-corrected chi connectivity index (χ1v) is 35.2. The molecule has 0 amide bonds. The molecule has 0 fully saturated rings. The van der Waals surface area contributed by atoms with Crippen molar-refractivity contribution in [1.82, 2.24) is 0 Å². The van der Waals surface area contributed by atoms with Gasteiger partial charge < -0.3 is 0 Å². The molecular formula is C60H52Cl2SiZr. The fourth-order valence-electron chi connectivity index (χ4n) is 10.7. The predicted molar refractivity (Wildman–Crippen MR) is 279 cm³/mol. The molecule has 0 N–H and O–H groups in total. The van der Waals surface area contributed by atoms with Gasteiger partial charge in [0.2, 0.25) is 0 Å². The second kappa shape index (κ2) is 18.9. The standard InChI is InChI=1S/2C29H21.2CH3.2ClH.H2Si.Zr/c2*1-5-13-22(14-6-1)26-21-27(23-15-7-2-8-16-23)29(25-19-11-4-12-20-25)28(26)24-17-9-3-10-18-24;;;;;;/h2*1-20,26H;2*1H3;2*1H;1H2;. The summed E-state index contributed by atoms with van der Waals surface area (Å²) < 4.78 is 8.78. The maximum absolute atomic E-state index is 4.76. The zero-order chi connectivity index (χ0) is 42.1. The van der Waals surface area contributed by atoms with Crippen LogP contribution in [0.3, 0.4) is 0 Å². The summed E-state index contributed by atoms with van der Waals surface area (Å²) in [5.74, 6) is 0.0353. The van der Waals surface area contributed by atoms with Crippen LogP contribution in [0.2, 0.25) is 9.26 Å². The summed E-state index contributed by atoms with van der Waals surface area (Å²) in [5, 5.41) is 0. The minimum absolute atomic E-state index is 0. The van der Waals surface area contributed by atoms with Gasteiger partial charge in [0.25, 0.3) is 0 Å². The summed E-state index contributed by atoms with van der Waals surface area (Å²) in [6.45, 7) is 2.41. The van der Waals surface area contributed by atoms with Crippen molar-refractivity contribution < 1.29 is 17.4 Å². The second-order valence-corrected chi connectivity index (χ2v) is 46.1. The van der Waals surface area contributed by atoms with Gasteiger partial charge in [0.05, 0.1) is 0 Å². The van der Waals surface area contributed by atoms with E-state index in [9.17, 15) is 0 Å². The van der Waals surface area contributed by atoms with Gasteiger partial charge in [0.15, 0.2) is 0 Å². The third-order valence-electron chi connectivity index (χ3n) is 13.1. The molecule has 2 aliphatic rings. The van der Waals surface area contributed by atoms with Crippen molar-refractivity contribution in [2.45, 2.75) is 21.1 Å². The molecule has 0 aromatic heterocycles. The van der Waals surface area contributed by atoms with Gasteiger partial charge >= 0.3 is 373 Å². The van der Waals surface area contributed by atoms with Crippen LogP contribution in [-0.2, 0) is 17.4 Å². The molecule has 0 bridgehead atoms. The molecule has 8 aromatic rings. The number of hydrogen-bond donors (Lipinski definition) is 0. The summed E-state index contributed by atoms with van der Waals surface area (Å²) in [4.78, 5) is 0. The van der Waals surface area contributed by atoms with Gasteiger partial charge in [-0.05, 0) is 0 Å². The van der Waals surface area contributed by atoms with E-state index in [4.69, 9.17) is 0 Å². The Bertz CT molecular complexity index is 2870. The molecule has 0 aliphatic heterocycles. The monoisotopic (exact) mass is 960 g/mol. The molecule has 2 aliphatic carbocycles. The molecule has 0 spiro atoms. The quantitative estimate of drug-likeness (QED) is 0.120. The molecule has 0 saturated carbocycles. The van der Waals surface area contributed by atoms with Gasteiger partial charge in [-0.2, -0.15) is 0 Å². The van der Waals surface area contributed by atoms with Crippen LogP contribution in [0.15, 0.2) is 249 Å². The maximum atomic E-state index is 2.77. The molecule has 10 rings (SSSR count). The fraction of sp³-hybridized carbons (Fsp3) is 0.0667. The Balaban J connectivity index is 0.00000280. The Morgan fingerprint density at radius 2 is 0.484 bits per heavy atom. The van der Waals surface area contributed by atoms with E-state index in [0.717, 1.165) is 0 Å². The molecule has 2 unspecified atom stereocenters. The third kappa shape index (κ3) is 8.08. The van der Waals surface area contributed by atoms with E-state index in [-0.39, 0.29) is 36.6 Å². The van der Waals surface area contributed by atoms with Crippen molar-refractivity contribution in [3.63, 3.8) is 0 Å². The molecule has 64 heavy (non-hydrogen) atoms. The average Bonchev–Trinajstić information content (AvgIpc) is 3.91. The van der Waals surface area contributed by atoms with Gasteiger partial charge in [-0.25, -0.2) is 0 Å². The summed E-state index contributed by atoms with van der Waals surface area (Å²) in [5.41, 5.74) is 18.6. The summed E-state index contributed by atoms with van der Waals surface area (Å²) >= 11 is -4.76. The number of halogens is 2. The number of benzene rings is 8. The first-order valence-electron chi connectivity index (χ1n) is 21.9. The third-order valence-corrected chi connectivity index (χ3v) is 28.8. The van der Waals surface area contributed by atoms with Crippen LogP contribution in [0.25, 0.3) is 33.4 Å². The first kappa shape index (κ1) is 45.0. The summed E-state index contributed by atoms with van der Waals surface area (Å²) in [6.07, 6.45) is 0. The van der Waals surface area contributed by atoms with Crippen LogP contribution in [0.5, 0.6) is 0 Å². The molecule has 0 saturated heterocycles. The van der Waals surface area contributed by atoms with Gasteiger partial charge in [0.1, 0.15) is 0 Å². The van der Waals surface area contributed by atoms with E-state index in [1.54, 1.807) is 6.56 Å². The molecular weight excluding hydrogens is 911 g/mol. The van der Waals surface area contributed by atoms with Crippen LogP contribution >= 0.6 is 24.8 Å². The van der Waals surface area contributed by atoms with Crippen molar-refractivity contribution in [1.29, 1.82) is 0 Å². The van der Waals surface area contributed by atoms with Crippen LogP contribution in [0.1, 0.15) is 56.3 Å². The van der Waals surface area contributed by atoms with Crippen molar-refractivity contribution in [2.24, 2.45) is 0 Å². The first-order chi connectivity index (χ1) is 30.4. The van der Waals surface area contributed by atoms with Crippen molar-refractivity contribution in [3.8, 4) is 0 Å². The second-order valence-electron chi connectivity index (χ2n) is 17.7. The summed E-state index contributed by atoms with van der Waals surface area (Å²) in [7, 11) is 0. The van der Waals surface area contributed by atoms with Crippen LogP contribution < -0.4 is 0 Å². The topological polar surface area (TPSA) is 0 Å². The molecule has 4 heteroatoms. The molecule has 8 aromatic carbocycles. The van der Waals surface area contributed by atoms with Crippen LogP contribution in [0.4, 0.5) is 0 Å². The zero-order valence-corrected chi connectivity index (χ0v) is 41.8. The van der Waals surface area contributed by atoms with E-state index in [1.165, 1.54) is 77.9 Å². The van der Waals surface area contributed by atoms with Gasteiger partial charge in [0, 0.05) is 0 Å². The molecule has 0 heterocycles. The fourth-order valence-corrected chi connectivity index (χ4v) is 27.3. The van der Waals surface area contributed by atoms with Crippen molar-refractivity contribution in [2.75, 3.05) is 0 Å². The molecule has 0 radical (unpaired) electrons. The zero-order valence-electron chi connectivity index (χ0n) is 36.3. The van der Waals surface area contributed by atoms with E-state index >= 15 is 0 Å². The average molecular weight is 963 g/mol. The van der Waals surface area contributed by atoms with E-state index in [2.05, 4.69) is 259 Å². The molecule has 2 atom stereocenters. The Morgan fingerprint density at radius 1 is 0.281 bits per heavy atom. The van der Waals surface area contributed by atoms with Crippen LogP contribution in [0, 0.1) is 0 Å². The Kier molecular flexibility index (Phi) is 13.3. The number of hydrogen-bond acceptors (Lipinski definition) is 0. The Labute approximate surface area is 394 Å². The van der Waals surface area contributed by atoms with Gasteiger partial charge in [-0.1, -0.05) is 0 Å². The minimum atomic E-state index is -4.76. The number of rotatable bonds is 10. The molecule has 0 nitrogen and oxygen atoms in total. The SMILES string of the molecule is Cl.Cl.[CH3][Zr]([CH3])(=[SiH2])([C]1=C(c2ccccc2)C(c2ccccc2)=C(c2ccccc2)C1c1ccccc1)[C]1=C(c2ccccc2)C(c2ccccc2)=C(c2ccccc2)C1c1ccccc1. The van der Waals surface area contributed by atoms with Crippen LogP contribution in [-0.4, -0.2) is 6.88 Å². The van der Waals surface area contributed by atoms with Crippen molar-refractivity contribution >= 4 is 65.1 Å². The van der Waals surface area contributed by atoms with E-state index in [1.807, 2.05) is 0 Å². The van der Waals surface area contributed by atoms with Gasteiger partial charge in [-0.15, -0.1) is 24.8 Å². The van der Waals surface area contributed by atoms with E-state index in [0.29, 0.717) is 0 Å². The predicted octanol–water partition coefficient (Wildman–Crippen LogP) is 15.8. The number of allylic oxidation sites excluding steroid dienone is 8. The normalized spacial score (nSPS) is 16.4. The van der Waals surface area contributed by atoms with Crippen molar-refractivity contribution in [3.05, 3.63) is 294 Å². The Hall–Kier alpha value is -5.60. The molecule has 314 valence electrons.